The number of anilines is 3. The molecule has 11 nitrogen and oxygen atoms in total. The molecule has 16 heteroatoms. The van der Waals surface area contributed by atoms with Crippen molar-refractivity contribution in [3.63, 3.8) is 0 Å². The minimum Gasteiger partial charge on any atom is -0.508 e. The van der Waals surface area contributed by atoms with Crippen molar-refractivity contribution in [2.75, 3.05) is 41.5 Å². The first kappa shape index (κ1) is 39.0. The Bertz CT molecular complexity index is 2440. The number of benzene rings is 3. The van der Waals surface area contributed by atoms with Crippen molar-refractivity contribution in [1.29, 1.82) is 0 Å². The van der Waals surface area contributed by atoms with E-state index in [0.29, 0.717) is 71.5 Å². The number of fused-ring (bicyclic) bond motifs is 4. The molecule has 5 aliphatic rings. The number of alkyl halides is 3. The Morgan fingerprint density at radius 3 is 2.24 bits per heavy atom. The first-order valence-electron chi connectivity index (χ1n) is 19.1. The van der Waals surface area contributed by atoms with Gasteiger partial charge in [0.25, 0.3) is 11.8 Å². The number of rotatable bonds is 6. The van der Waals surface area contributed by atoms with E-state index in [1.807, 2.05) is 18.2 Å². The first-order chi connectivity index (χ1) is 28.2. The highest BCUT2D eigenvalue weighted by atomic mass is 35.5. The van der Waals surface area contributed by atoms with Gasteiger partial charge in [0.1, 0.15) is 5.75 Å². The average molecular weight is 847 g/mol. The summed E-state index contributed by atoms with van der Waals surface area (Å²) < 4.78 is 46.1. The van der Waals surface area contributed by atoms with Crippen molar-refractivity contribution in [3.05, 3.63) is 123 Å². The van der Waals surface area contributed by atoms with E-state index >= 15 is 4.79 Å². The molecule has 4 heterocycles. The number of halogens is 5. The minimum absolute atomic E-state index is 0.00266. The van der Waals surface area contributed by atoms with Crippen LogP contribution in [0.1, 0.15) is 41.0 Å². The van der Waals surface area contributed by atoms with Gasteiger partial charge in [-0.3, -0.25) is 29.5 Å². The van der Waals surface area contributed by atoms with Crippen molar-refractivity contribution in [2.45, 2.75) is 37.3 Å². The highest BCUT2D eigenvalue weighted by Gasteiger charge is 2.70. The zero-order valence-corrected chi connectivity index (χ0v) is 32.9. The van der Waals surface area contributed by atoms with Gasteiger partial charge in [0.05, 0.1) is 52.7 Å². The molecule has 1 saturated carbocycles. The lowest BCUT2D eigenvalue weighted by molar-refractivity contribution is -0.139. The first-order valence-corrected chi connectivity index (χ1v) is 19.9. The van der Waals surface area contributed by atoms with Crippen molar-refractivity contribution in [2.24, 2.45) is 23.7 Å². The SMILES string of the molecule is Cc1cc(C2C3=CCC4C(=O)N(c5ccc(N6CCOCC6)cc5)C(=O)C4C3CC3C(=O)N(Nc4ncc(C(F)(F)F)cc4Cl)C(=O)C32c2ccc(Cl)cc2)ccc1O. The van der Waals surface area contributed by atoms with Crippen molar-refractivity contribution >= 4 is 64.0 Å². The number of phenols is 1. The number of aromatic hydroxyl groups is 1. The largest absolute Gasteiger partial charge is 0.508 e. The van der Waals surface area contributed by atoms with Gasteiger partial charge in [-0.25, -0.2) is 4.98 Å². The summed E-state index contributed by atoms with van der Waals surface area (Å²) in [6, 6.07) is 19.3. The van der Waals surface area contributed by atoms with Crippen LogP contribution in [0.15, 0.2) is 90.6 Å². The molecule has 3 saturated heterocycles. The number of hydrogen-bond donors (Lipinski definition) is 2. The third-order valence-corrected chi connectivity index (χ3v) is 13.1. The Morgan fingerprint density at radius 1 is 0.881 bits per heavy atom. The number of hydrazine groups is 1. The lowest BCUT2D eigenvalue weighted by Crippen LogP contribution is -2.53. The highest BCUT2D eigenvalue weighted by Crippen LogP contribution is 2.64. The standard InChI is InChI=1S/C43H36Cl2F3N5O6/c1-22-18-23(2-13-34(22)54)36-29-11-12-30-35(40(57)52(38(30)55)28-9-7-27(8-10-28)51-14-16-59-17-15-51)31(29)20-32-39(56)53(41(58)42(32,36)24-3-5-26(44)6-4-24)50-37-33(45)19-25(21-49-37)43(46,47)48/h2-11,13,18-19,21,30-32,35-36,54H,12,14-17,20H2,1H3,(H,49,50). The van der Waals surface area contributed by atoms with E-state index < -0.39 is 69.5 Å². The summed E-state index contributed by atoms with van der Waals surface area (Å²) >= 11 is 12.6. The number of pyridine rings is 1. The van der Waals surface area contributed by atoms with E-state index in [2.05, 4.69) is 15.3 Å². The molecule has 4 amide bonds. The molecule has 4 fully saturated rings. The predicted molar refractivity (Wildman–Crippen MR) is 212 cm³/mol. The molecule has 9 rings (SSSR count). The smallest absolute Gasteiger partial charge is 0.417 e. The molecule has 3 aliphatic heterocycles. The number of hydrogen-bond acceptors (Lipinski definition) is 9. The molecular formula is C43H36Cl2F3N5O6. The fourth-order valence-electron chi connectivity index (χ4n) is 9.90. The third-order valence-electron chi connectivity index (χ3n) is 12.6. The summed E-state index contributed by atoms with van der Waals surface area (Å²) in [7, 11) is 0. The maximum atomic E-state index is 15.4. The maximum absolute atomic E-state index is 15.4. The van der Waals surface area contributed by atoms with Gasteiger partial charge in [0.2, 0.25) is 11.8 Å². The van der Waals surface area contributed by atoms with Crippen LogP contribution in [0.3, 0.4) is 0 Å². The normalized spacial score (nSPS) is 26.8. The van der Waals surface area contributed by atoms with Crippen LogP contribution in [0.2, 0.25) is 10.0 Å². The third kappa shape index (κ3) is 6.17. The Balaban J connectivity index is 1.16. The molecule has 0 spiro atoms. The Morgan fingerprint density at radius 2 is 1.58 bits per heavy atom. The van der Waals surface area contributed by atoms with Gasteiger partial charge in [0.15, 0.2) is 5.82 Å². The van der Waals surface area contributed by atoms with Crippen LogP contribution in [0.25, 0.3) is 0 Å². The number of allylic oxidation sites excluding steroid dienone is 2. The van der Waals surface area contributed by atoms with E-state index in [4.69, 9.17) is 27.9 Å². The van der Waals surface area contributed by atoms with E-state index in [1.165, 1.54) is 11.0 Å². The van der Waals surface area contributed by atoms with Crippen molar-refractivity contribution in [1.82, 2.24) is 9.99 Å². The second kappa shape index (κ2) is 14.4. The number of carbonyl (C=O) groups is 4. The van der Waals surface area contributed by atoms with E-state index in [9.17, 15) is 32.7 Å². The van der Waals surface area contributed by atoms with Gasteiger partial charge in [-0.1, -0.05) is 59.1 Å². The van der Waals surface area contributed by atoms with Gasteiger partial charge in [0, 0.05) is 35.9 Å². The second-order valence-electron chi connectivity index (χ2n) is 15.6. The fraction of sp³-hybridized carbons (Fsp3) is 0.326. The number of amides is 4. The van der Waals surface area contributed by atoms with Crippen LogP contribution in [-0.2, 0) is 35.5 Å². The monoisotopic (exact) mass is 845 g/mol. The number of morpholine rings is 1. The zero-order chi connectivity index (χ0) is 41.5. The lowest BCUT2D eigenvalue weighted by atomic mass is 9.49. The topological polar surface area (TPSA) is 132 Å². The molecule has 6 unspecified atom stereocenters. The number of aromatic nitrogens is 1. The summed E-state index contributed by atoms with van der Waals surface area (Å²) in [6.07, 6.45) is -2.13. The molecule has 304 valence electrons. The van der Waals surface area contributed by atoms with Crippen molar-refractivity contribution < 1.29 is 42.2 Å². The maximum Gasteiger partial charge on any atom is 0.417 e. The van der Waals surface area contributed by atoms with E-state index in [1.54, 1.807) is 55.5 Å². The molecule has 0 radical (unpaired) electrons. The summed E-state index contributed by atoms with van der Waals surface area (Å²) in [5.41, 5.74) is 3.34. The van der Waals surface area contributed by atoms with Gasteiger partial charge < -0.3 is 14.7 Å². The average Bonchev–Trinajstić information content (AvgIpc) is 3.60. The van der Waals surface area contributed by atoms with Gasteiger partial charge in [-0.2, -0.15) is 18.2 Å². The van der Waals surface area contributed by atoms with Crippen molar-refractivity contribution in [3.8, 4) is 5.75 Å². The molecule has 3 aromatic carbocycles. The minimum atomic E-state index is -4.75. The molecule has 4 aromatic rings. The number of imide groups is 2. The molecule has 2 aliphatic carbocycles. The van der Waals surface area contributed by atoms with Crippen LogP contribution in [0.5, 0.6) is 5.75 Å². The van der Waals surface area contributed by atoms with Crippen LogP contribution in [0.4, 0.5) is 30.4 Å². The Hall–Kier alpha value is -5.44. The molecule has 0 bridgehead atoms. The van der Waals surface area contributed by atoms with Gasteiger partial charge in [-0.05, 0) is 90.9 Å². The van der Waals surface area contributed by atoms with Crippen LogP contribution >= 0.6 is 23.2 Å². The van der Waals surface area contributed by atoms with Crippen LogP contribution in [0, 0.1) is 30.6 Å². The summed E-state index contributed by atoms with van der Waals surface area (Å²) in [5, 5.41) is 11.3. The number of nitrogens with zero attached hydrogens (tertiary/aromatic N) is 4. The Labute approximate surface area is 346 Å². The van der Waals surface area contributed by atoms with Crippen LogP contribution in [-0.4, -0.2) is 65.0 Å². The number of phenolic OH excluding ortho intramolecular Hbond substituents is 1. The molecule has 1 aromatic heterocycles. The predicted octanol–water partition coefficient (Wildman–Crippen LogP) is 7.45. The van der Waals surface area contributed by atoms with E-state index in [0.717, 1.165) is 10.7 Å². The fourth-order valence-corrected chi connectivity index (χ4v) is 10.2. The number of ether oxygens (including phenoxy) is 1. The number of aryl methyl sites for hydroxylation is 1. The molecule has 59 heavy (non-hydrogen) atoms. The lowest BCUT2D eigenvalue weighted by Gasteiger charge is -2.50. The van der Waals surface area contributed by atoms with Gasteiger partial charge in [-0.15, -0.1) is 0 Å². The van der Waals surface area contributed by atoms with E-state index in [-0.39, 0.29) is 30.3 Å². The zero-order valence-electron chi connectivity index (χ0n) is 31.4. The quantitative estimate of drug-likeness (QED) is 0.150. The van der Waals surface area contributed by atoms with Crippen LogP contribution < -0.4 is 15.2 Å². The molecule has 6 atom stereocenters. The number of carbonyl (C=O) groups excluding carboxylic acids is 4. The van der Waals surface area contributed by atoms with Gasteiger partial charge >= 0.3 is 6.18 Å². The second-order valence-corrected chi connectivity index (χ2v) is 16.4. The summed E-state index contributed by atoms with van der Waals surface area (Å²) in [5.74, 6) is -6.97. The molecular weight excluding hydrogens is 810 g/mol. The molecule has 2 N–H and O–H groups in total. The summed E-state index contributed by atoms with van der Waals surface area (Å²) in [6.45, 7) is 4.31. The number of nitrogens with one attached hydrogen (secondary N) is 1. The summed E-state index contributed by atoms with van der Waals surface area (Å²) in [4.78, 5) is 66.5. The highest BCUT2D eigenvalue weighted by molar-refractivity contribution is 6.33. The Kier molecular flexibility index (Phi) is 9.52.